The zero-order valence-electron chi connectivity index (χ0n) is 10.8. The van der Waals surface area contributed by atoms with Crippen LogP contribution < -0.4 is 5.32 Å². The summed E-state index contributed by atoms with van der Waals surface area (Å²) in [5.74, 6) is 0.553. The quantitative estimate of drug-likeness (QED) is 0.644. The highest BCUT2D eigenvalue weighted by Gasteiger charge is 2.30. The molecule has 0 heterocycles. The maximum Gasteiger partial charge on any atom is 0.416 e. The highest BCUT2D eigenvalue weighted by molar-refractivity contribution is 9.10. The van der Waals surface area contributed by atoms with Gasteiger partial charge in [-0.25, -0.2) is 0 Å². The van der Waals surface area contributed by atoms with Crippen LogP contribution in [0.2, 0.25) is 0 Å². The number of hydrogen-bond donors (Lipinski definition) is 1. The van der Waals surface area contributed by atoms with Crippen LogP contribution in [0.15, 0.2) is 46.9 Å². The van der Waals surface area contributed by atoms with E-state index in [2.05, 4.69) is 21.2 Å². The third-order valence-electron chi connectivity index (χ3n) is 2.91. The molecule has 0 radical (unpaired) electrons. The molecule has 21 heavy (non-hydrogen) atoms. The average Bonchev–Trinajstić information content (AvgIpc) is 2.42. The summed E-state index contributed by atoms with van der Waals surface area (Å²) >= 11 is 8.82. The molecular weight excluding hydrogens is 367 g/mol. The zero-order chi connectivity index (χ0) is 15.5. The maximum atomic E-state index is 12.6. The van der Waals surface area contributed by atoms with Crippen LogP contribution in [0, 0.1) is 0 Å². The number of anilines is 2. The van der Waals surface area contributed by atoms with Gasteiger partial charge in [0.05, 0.1) is 11.3 Å². The van der Waals surface area contributed by atoms with E-state index < -0.39 is 11.7 Å². The number of nitrogens with one attached hydrogen (secondary N) is 1. The molecule has 0 aliphatic carbocycles. The lowest BCUT2D eigenvalue weighted by atomic mass is 10.1. The molecule has 0 bridgehead atoms. The summed E-state index contributed by atoms with van der Waals surface area (Å²) in [6.07, 6.45) is -3.56. The van der Waals surface area contributed by atoms with Crippen LogP contribution in [0.4, 0.5) is 24.5 Å². The Morgan fingerprint density at radius 2 is 1.71 bits per heavy atom. The molecule has 2 rings (SSSR count). The van der Waals surface area contributed by atoms with Gasteiger partial charge in [0, 0.05) is 16.0 Å². The standard InChI is InChI=1S/C15H12BrClF3N/c16-13-9-11(15(18,19)20)3-6-14(13)21-12-4-1-10(2-5-12)7-8-17/h1-6,9,21H,7-8H2. The van der Waals surface area contributed by atoms with Crippen molar-refractivity contribution in [2.75, 3.05) is 11.2 Å². The molecular formula is C15H12BrClF3N. The summed E-state index contributed by atoms with van der Waals surface area (Å²) in [5, 5.41) is 3.07. The van der Waals surface area contributed by atoms with Gasteiger partial charge in [-0.1, -0.05) is 12.1 Å². The third kappa shape index (κ3) is 4.38. The van der Waals surface area contributed by atoms with Crippen LogP contribution >= 0.6 is 27.5 Å². The fourth-order valence-electron chi connectivity index (χ4n) is 1.81. The van der Waals surface area contributed by atoms with E-state index in [0.29, 0.717) is 16.0 Å². The molecule has 1 nitrogen and oxygen atoms in total. The third-order valence-corrected chi connectivity index (χ3v) is 3.76. The van der Waals surface area contributed by atoms with Gasteiger partial charge in [0.15, 0.2) is 0 Å². The molecule has 112 valence electrons. The summed E-state index contributed by atoms with van der Waals surface area (Å²) in [4.78, 5) is 0. The lowest BCUT2D eigenvalue weighted by molar-refractivity contribution is -0.137. The highest BCUT2D eigenvalue weighted by atomic mass is 79.9. The first kappa shape index (κ1) is 16.2. The molecule has 0 fully saturated rings. The number of halogens is 5. The van der Waals surface area contributed by atoms with Crippen LogP contribution in [0.1, 0.15) is 11.1 Å². The Labute approximate surface area is 134 Å². The summed E-state index contributed by atoms with van der Waals surface area (Å²) in [6, 6.07) is 11.1. The second-order valence-corrected chi connectivity index (χ2v) is 5.69. The van der Waals surface area contributed by atoms with Gasteiger partial charge in [0.25, 0.3) is 0 Å². The second-order valence-electron chi connectivity index (χ2n) is 4.45. The second kappa shape index (κ2) is 6.71. The molecule has 2 aromatic carbocycles. The van der Waals surface area contributed by atoms with Gasteiger partial charge in [-0.15, -0.1) is 11.6 Å². The molecule has 0 spiro atoms. The van der Waals surface area contributed by atoms with Crippen molar-refractivity contribution in [2.24, 2.45) is 0 Å². The van der Waals surface area contributed by atoms with E-state index in [9.17, 15) is 13.2 Å². The van der Waals surface area contributed by atoms with Crippen LogP contribution in [-0.2, 0) is 12.6 Å². The summed E-state index contributed by atoms with van der Waals surface area (Å²) in [7, 11) is 0. The first-order valence-corrected chi connectivity index (χ1v) is 7.51. The smallest absolute Gasteiger partial charge is 0.355 e. The molecule has 0 aliphatic heterocycles. The van der Waals surface area contributed by atoms with Gasteiger partial charge in [-0.05, 0) is 58.2 Å². The molecule has 6 heteroatoms. The minimum Gasteiger partial charge on any atom is -0.355 e. The van der Waals surface area contributed by atoms with E-state index in [-0.39, 0.29) is 0 Å². The largest absolute Gasteiger partial charge is 0.416 e. The van der Waals surface area contributed by atoms with Crippen LogP contribution in [0.25, 0.3) is 0 Å². The average molecular weight is 379 g/mol. The first-order chi connectivity index (χ1) is 9.90. The number of benzene rings is 2. The van der Waals surface area contributed by atoms with E-state index in [0.717, 1.165) is 29.8 Å². The summed E-state index contributed by atoms with van der Waals surface area (Å²) < 4.78 is 38.1. The molecule has 2 aromatic rings. The van der Waals surface area contributed by atoms with Gasteiger partial charge in [0.2, 0.25) is 0 Å². The summed E-state index contributed by atoms with van der Waals surface area (Å²) in [5.41, 5.74) is 1.81. The number of aryl methyl sites for hydroxylation is 1. The predicted octanol–water partition coefficient (Wildman–Crippen LogP) is 5.99. The Kier molecular flexibility index (Phi) is 5.17. The van der Waals surface area contributed by atoms with Crippen molar-refractivity contribution >= 4 is 38.9 Å². The van der Waals surface area contributed by atoms with Crippen molar-refractivity contribution in [1.82, 2.24) is 0 Å². The fraction of sp³-hybridized carbons (Fsp3) is 0.200. The SMILES string of the molecule is FC(F)(F)c1ccc(Nc2ccc(CCCl)cc2)c(Br)c1. The first-order valence-electron chi connectivity index (χ1n) is 6.19. The topological polar surface area (TPSA) is 12.0 Å². The number of hydrogen-bond acceptors (Lipinski definition) is 1. The van der Waals surface area contributed by atoms with Crippen LogP contribution in [-0.4, -0.2) is 5.88 Å². The van der Waals surface area contributed by atoms with E-state index >= 15 is 0 Å². The van der Waals surface area contributed by atoms with Crippen molar-refractivity contribution < 1.29 is 13.2 Å². The Morgan fingerprint density at radius 3 is 2.24 bits per heavy atom. The van der Waals surface area contributed by atoms with Gasteiger partial charge in [0.1, 0.15) is 0 Å². The monoisotopic (exact) mass is 377 g/mol. The Hall–Kier alpha value is -1.20. The highest BCUT2D eigenvalue weighted by Crippen LogP contribution is 2.34. The minimum absolute atomic E-state index is 0.363. The number of alkyl halides is 4. The molecule has 1 N–H and O–H groups in total. The molecule has 0 aromatic heterocycles. The van der Waals surface area contributed by atoms with E-state index in [1.54, 1.807) is 0 Å². The summed E-state index contributed by atoms with van der Waals surface area (Å²) in [6.45, 7) is 0. The minimum atomic E-state index is -4.34. The van der Waals surface area contributed by atoms with Crippen molar-refractivity contribution in [2.45, 2.75) is 12.6 Å². The van der Waals surface area contributed by atoms with Crippen LogP contribution in [0.5, 0.6) is 0 Å². The van der Waals surface area contributed by atoms with Crippen molar-refractivity contribution in [1.29, 1.82) is 0 Å². The Balaban J connectivity index is 2.16. The normalized spacial score (nSPS) is 11.5. The van der Waals surface area contributed by atoms with Crippen molar-refractivity contribution in [3.8, 4) is 0 Å². The molecule has 0 unspecified atom stereocenters. The molecule has 0 atom stereocenters. The van der Waals surface area contributed by atoms with Crippen molar-refractivity contribution in [3.05, 3.63) is 58.1 Å². The Bertz CT molecular complexity index is 611. The van der Waals surface area contributed by atoms with E-state index in [4.69, 9.17) is 11.6 Å². The van der Waals surface area contributed by atoms with E-state index in [1.165, 1.54) is 6.07 Å². The van der Waals surface area contributed by atoms with E-state index in [1.807, 2.05) is 24.3 Å². The molecule has 0 saturated heterocycles. The van der Waals surface area contributed by atoms with Gasteiger partial charge in [-0.3, -0.25) is 0 Å². The van der Waals surface area contributed by atoms with Crippen molar-refractivity contribution in [3.63, 3.8) is 0 Å². The lowest BCUT2D eigenvalue weighted by Crippen LogP contribution is -2.05. The van der Waals surface area contributed by atoms with Gasteiger partial charge in [-0.2, -0.15) is 13.2 Å². The molecule has 0 amide bonds. The Morgan fingerprint density at radius 1 is 1.05 bits per heavy atom. The predicted molar refractivity (Wildman–Crippen MR) is 83.3 cm³/mol. The molecule has 0 aliphatic rings. The molecule has 0 saturated carbocycles. The maximum absolute atomic E-state index is 12.6. The lowest BCUT2D eigenvalue weighted by Gasteiger charge is -2.12. The zero-order valence-corrected chi connectivity index (χ0v) is 13.2. The van der Waals surface area contributed by atoms with Gasteiger partial charge >= 0.3 is 6.18 Å². The number of rotatable bonds is 4. The van der Waals surface area contributed by atoms with Crippen LogP contribution in [0.3, 0.4) is 0 Å². The van der Waals surface area contributed by atoms with Gasteiger partial charge < -0.3 is 5.32 Å². The fourth-order valence-corrected chi connectivity index (χ4v) is 2.51.